The highest BCUT2D eigenvalue weighted by molar-refractivity contribution is 6.05. The molecule has 4 heteroatoms. The third-order valence-corrected chi connectivity index (χ3v) is 9.65. The normalized spacial score (nSPS) is 45.7. The van der Waals surface area contributed by atoms with Gasteiger partial charge < -0.3 is 5.11 Å². The van der Waals surface area contributed by atoms with Crippen LogP contribution in [-0.2, 0) is 11.3 Å². The van der Waals surface area contributed by atoms with E-state index in [-0.39, 0.29) is 11.5 Å². The average Bonchev–Trinajstić information content (AvgIpc) is 3.25. The van der Waals surface area contributed by atoms with Gasteiger partial charge in [0.05, 0.1) is 11.8 Å². The molecule has 158 valence electrons. The van der Waals surface area contributed by atoms with Gasteiger partial charge in [0, 0.05) is 18.2 Å². The van der Waals surface area contributed by atoms with E-state index in [0.717, 1.165) is 55.8 Å². The maximum atomic E-state index is 13.5. The predicted octanol–water partition coefficient (Wildman–Crippen LogP) is 4.87. The van der Waals surface area contributed by atoms with Gasteiger partial charge >= 0.3 is 0 Å². The van der Waals surface area contributed by atoms with Gasteiger partial charge in [-0.3, -0.25) is 9.48 Å². The number of carbonyl (C=O) groups excluding carboxylic acids is 1. The van der Waals surface area contributed by atoms with Gasteiger partial charge in [0.1, 0.15) is 0 Å². The zero-order valence-corrected chi connectivity index (χ0v) is 18.2. The first-order valence-corrected chi connectivity index (χ1v) is 11.8. The average molecular weight is 397 g/mol. The van der Waals surface area contributed by atoms with E-state index in [1.165, 1.54) is 19.3 Å². The molecule has 1 N–H and O–H groups in total. The number of aliphatic hydroxyl groups excluding tert-OH is 1. The molecule has 0 saturated heterocycles. The molecule has 1 aromatic heterocycles. The lowest BCUT2D eigenvalue weighted by atomic mass is 9.45. The van der Waals surface area contributed by atoms with Gasteiger partial charge in [-0.1, -0.05) is 13.8 Å². The SMILES string of the molecule is CCn1nccc1/C=C1\C[C@H]2[C@@H]3CC[C@@H]4C[C@@H](O)CC[C@]4(C)[C@H]3CC[C@]2(C)C1=O. The van der Waals surface area contributed by atoms with Crippen molar-refractivity contribution in [2.45, 2.75) is 84.8 Å². The minimum Gasteiger partial charge on any atom is -0.393 e. The Morgan fingerprint density at radius 2 is 2.03 bits per heavy atom. The molecular formula is C25H36N2O2. The molecule has 0 aliphatic heterocycles. The fourth-order valence-corrected chi connectivity index (χ4v) is 7.94. The molecule has 0 spiro atoms. The quantitative estimate of drug-likeness (QED) is 0.726. The Kier molecular flexibility index (Phi) is 4.58. The molecule has 0 radical (unpaired) electrons. The van der Waals surface area contributed by atoms with Crippen molar-refractivity contribution in [2.24, 2.45) is 34.5 Å². The molecule has 4 aliphatic carbocycles. The first-order chi connectivity index (χ1) is 13.9. The second kappa shape index (κ2) is 6.80. The maximum absolute atomic E-state index is 13.5. The number of ketones is 1. The molecule has 5 rings (SSSR count). The van der Waals surface area contributed by atoms with Crippen LogP contribution < -0.4 is 0 Å². The zero-order chi connectivity index (χ0) is 20.4. The lowest BCUT2D eigenvalue weighted by Gasteiger charge is -2.59. The number of nitrogens with zero attached hydrogens (tertiary/aromatic N) is 2. The molecule has 4 fully saturated rings. The number of Topliss-reactive ketones (excluding diaryl/α,β-unsaturated/α-hetero) is 1. The highest BCUT2D eigenvalue weighted by atomic mass is 16.3. The molecule has 29 heavy (non-hydrogen) atoms. The second-order valence-electron chi connectivity index (χ2n) is 10.8. The summed E-state index contributed by atoms with van der Waals surface area (Å²) in [5, 5.41) is 14.6. The van der Waals surface area contributed by atoms with Crippen LogP contribution in [0.4, 0.5) is 0 Å². The smallest absolute Gasteiger partial charge is 0.165 e. The topological polar surface area (TPSA) is 55.1 Å². The summed E-state index contributed by atoms with van der Waals surface area (Å²) in [5.74, 6) is 2.94. The van der Waals surface area contributed by atoms with Crippen LogP contribution in [0.3, 0.4) is 0 Å². The fraction of sp³-hybridized carbons (Fsp3) is 0.760. The summed E-state index contributed by atoms with van der Waals surface area (Å²) in [5.41, 5.74) is 2.27. The standard InChI is InChI=1S/C25H36N2O2/c1-4-27-18(9-12-26-27)13-16-14-22-20-6-5-17-15-19(28)7-10-24(17,2)21(20)8-11-25(22,3)23(16)29/h9,12-13,17,19-22,28H,4-8,10-11,14-15H2,1-3H3/b16-13+/t17-,19+,20-,21+,22+,24+,25+/m1/s1. The van der Waals surface area contributed by atoms with Gasteiger partial charge in [-0.15, -0.1) is 0 Å². The summed E-state index contributed by atoms with van der Waals surface area (Å²) in [6, 6.07) is 2.02. The summed E-state index contributed by atoms with van der Waals surface area (Å²) in [6.45, 7) is 7.69. The zero-order valence-electron chi connectivity index (χ0n) is 18.2. The minimum atomic E-state index is -0.179. The Balaban J connectivity index is 1.45. The molecule has 4 nitrogen and oxygen atoms in total. The molecule has 1 aromatic rings. The number of aromatic nitrogens is 2. The molecular weight excluding hydrogens is 360 g/mol. The van der Waals surface area contributed by atoms with E-state index in [9.17, 15) is 9.90 Å². The van der Waals surface area contributed by atoms with Crippen molar-refractivity contribution in [3.63, 3.8) is 0 Å². The van der Waals surface area contributed by atoms with E-state index in [2.05, 4.69) is 31.9 Å². The van der Waals surface area contributed by atoms with Crippen molar-refractivity contribution in [3.8, 4) is 0 Å². The highest BCUT2D eigenvalue weighted by Crippen LogP contribution is 2.66. The van der Waals surface area contributed by atoms with E-state index >= 15 is 0 Å². The van der Waals surface area contributed by atoms with E-state index < -0.39 is 0 Å². The summed E-state index contributed by atoms with van der Waals surface area (Å²) >= 11 is 0. The largest absolute Gasteiger partial charge is 0.393 e. The number of allylic oxidation sites excluding steroid dienone is 1. The van der Waals surface area contributed by atoms with Gasteiger partial charge in [-0.05, 0) is 105 Å². The van der Waals surface area contributed by atoms with Gasteiger partial charge in [0.25, 0.3) is 0 Å². The molecule has 0 amide bonds. The van der Waals surface area contributed by atoms with Crippen LogP contribution in [0.15, 0.2) is 17.8 Å². The van der Waals surface area contributed by atoms with Crippen molar-refractivity contribution in [1.82, 2.24) is 9.78 Å². The number of carbonyl (C=O) groups is 1. The molecule has 4 saturated carbocycles. The minimum absolute atomic E-state index is 0.0931. The van der Waals surface area contributed by atoms with Crippen LogP contribution in [0, 0.1) is 34.5 Å². The Morgan fingerprint density at radius 1 is 1.21 bits per heavy atom. The van der Waals surface area contributed by atoms with Crippen molar-refractivity contribution in [1.29, 1.82) is 0 Å². The van der Waals surface area contributed by atoms with E-state index in [4.69, 9.17) is 0 Å². The van der Waals surface area contributed by atoms with Crippen molar-refractivity contribution in [3.05, 3.63) is 23.5 Å². The predicted molar refractivity (Wildman–Crippen MR) is 114 cm³/mol. The number of aliphatic hydroxyl groups is 1. The van der Waals surface area contributed by atoms with Crippen molar-refractivity contribution >= 4 is 11.9 Å². The number of fused-ring (bicyclic) bond motifs is 5. The lowest BCUT2D eigenvalue weighted by molar-refractivity contribution is -0.141. The van der Waals surface area contributed by atoms with Crippen LogP contribution in [0.25, 0.3) is 6.08 Å². The van der Waals surface area contributed by atoms with E-state index in [0.29, 0.717) is 29.0 Å². The lowest BCUT2D eigenvalue weighted by Crippen LogP contribution is -2.54. The van der Waals surface area contributed by atoms with Crippen LogP contribution >= 0.6 is 0 Å². The summed E-state index contributed by atoms with van der Waals surface area (Å²) in [4.78, 5) is 13.5. The number of rotatable bonds is 2. The first-order valence-electron chi connectivity index (χ1n) is 11.8. The Morgan fingerprint density at radius 3 is 2.83 bits per heavy atom. The van der Waals surface area contributed by atoms with Crippen LogP contribution in [0.1, 0.15) is 77.8 Å². The molecule has 7 atom stereocenters. The van der Waals surface area contributed by atoms with Gasteiger partial charge in [0.15, 0.2) is 5.78 Å². The Bertz CT molecular complexity index is 842. The molecule has 0 unspecified atom stereocenters. The Hall–Kier alpha value is -1.42. The van der Waals surface area contributed by atoms with Crippen LogP contribution in [0.5, 0.6) is 0 Å². The molecule has 4 aliphatic rings. The highest BCUT2D eigenvalue weighted by Gasteiger charge is 2.61. The summed E-state index contributed by atoms with van der Waals surface area (Å²) in [6.07, 6.45) is 12.6. The number of hydrogen-bond donors (Lipinski definition) is 1. The molecule has 0 bridgehead atoms. The second-order valence-corrected chi connectivity index (χ2v) is 10.8. The first kappa shape index (κ1) is 19.5. The monoisotopic (exact) mass is 396 g/mol. The Labute approximate surface area is 174 Å². The summed E-state index contributed by atoms with van der Waals surface area (Å²) in [7, 11) is 0. The third kappa shape index (κ3) is 2.81. The summed E-state index contributed by atoms with van der Waals surface area (Å²) < 4.78 is 1.98. The van der Waals surface area contributed by atoms with Crippen molar-refractivity contribution in [2.75, 3.05) is 0 Å². The number of aryl methyl sites for hydroxylation is 1. The van der Waals surface area contributed by atoms with Gasteiger partial charge in [-0.25, -0.2) is 0 Å². The fourth-order valence-electron chi connectivity index (χ4n) is 7.94. The molecule has 0 aromatic carbocycles. The van der Waals surface area contributed by atoms with Crippen LogP contribution in [0.2, 0.25) is 0 Å². The van der Waals surface area contributed by atoms with Gasteiger partial charge in [0.2, 0.25) is 0 Å². The van der Waals surface area contributed by atoms with Crippen LogP contribution in [-0.4, -0.2) is 26.8 Å². The number of hydrogen-bond acceptors (Lipinski definition) is 3. The maximum Gasteiger partial charge on any atom is 0.165 e. The van der Waals surface area contributed by atoms with E-state index in [1.807, 2.05) is 16.9 Å². The third-order valence-electron chi connectivity index (χ3n) is 9.65. The molecule has 1 heterocycles. The van der Waals surface area contributed by atoms with Gasteiger partial charge in [-0.2, -0.15) is 5.10 Å². The van der Waals surface area contributed by atoms with E-state index in [1.54, 1.807) is 0 Å². The van der Waals surface area contributed by atoms with Crippen molar-refractivity contribution < 1.29 is 9.90 Å².